The number of thioether (sulfide) groups is 1. The number of hydrogen-bond donors (Lipinski definition) is 1. The summed E-state index contributed by atoms with van der Waals surface area (Å²) in [7, 11) is -2.94. The molecule has 4 nitrogen and oxygen atoms in total. The van der Waals surface area contributed by atoms with Crippen molar-refractivity contribution in [2.24, 2.45) is 0 Å². The molecule has 0 aliphatic heterocycles. The predicted octanol–water partition coefficient (Wildman–Crippen LogP) is 2.37. The van der Waals surface area contributed by atoms with Crippen LogP contribution >= 0.6 is 23.4 Å². The summed E-state index contributed by atoms with van der Waals surface area (Å²) in [5.41, 5.74) is 0. The van der Waals surface area contributed by atoms with Gasteiger partial charge in [0.2, 0.25) is 5.91 Å². The summed E-state index contributed by atoms with van der Waals surface area (Å²) in [6.07, 6.45) is 2.05. The van der Waals surface area contributed by atoms with Gasteiger partial charge in [-0.25, -0.2) is 8.42 Å². The smallest absolute Gasteiger partial charge is 0.220 e. The Kier molecular flexibility index (Phi) is 7.40. The average molecular weight is 336 g/mol. The average Bonchev–Trinajstić information content (AvgIpc) is 2.36. The van der Waals surface area contributed by atoms with Crippen molar-refractivity contribution in [3.8, 4) is 0 Å². The molecule has 1 rings (SSSR count). The van der Waals surface area contributed by atoms with Crippen LogP contribution in [-0.4, -0.2) is 38.6 Å². The zero-order valence-corrected chi connectivity index (χ0v) is 13.7. The number of halogens is 1. The van der Waals surface area contributed by atoms with Crippen LogP contribution in [0.4, 0.5) is 0 Å². The molecule has 0 aliphatic rings. The third kappa shape index (κ3) is 8.45. The number of amides is 1. The van der Waals surface area contributed by atoms with Crippen LogP contribution in [0.15, 0.2) is 29.2 Å². The largest absolute Gasteiger partial charge is 0.356 e. The SMILES string of the molecule is CS(=O)(=O)CCCNC(=O)CCSc1ccc(Cl)cc1. The second-order valence-corrected chi connectivity index (χ2v) is 8.25. The number of rotatable bonds is 8. The fourth-order valence-electron chi connectivity index (χ4n) is 1.44. The molecule has 0 fully saturated rings. The van der Waals surface area contributed by atoms with Gasteiger partial charge in [-0.1, -0.05) is 11.6 Å². The highest BCUT2D eigenvalue weighted by Gasteiger charge is 2.04. The first kappa shape index (κ1) is 17.3. The summed E-state index contributed by atoms with van der Waals surface area (Å²) in [6.45, 7) is 0.400. The predicted molar refractivity (Wildman–Crippen MR) is 84.1 cm³/mol. The summed E-state index contributed by atoms with van der Waals surface area (Å²) < 4.78 is 21.8. The third-order valence-corrected chi connectivity index (χ3v) is 4.72. The zero-order chi connectivity index (χ0) is 15.0. The number of benzene rings is 1. The van der Waals surface area contributed by atoms with E-state index in [4.69, 9.17) is 11.6 Å². The van der Waals surface area contributed by atoms with Crippen molar-refractivity contribution in [2.45, 2.75) is 17.7 Å². The van der Waals surface area contributed by atoms with Crippen molar-refractivity contribution < 1.29 is 13.2 Å². The molecule has 0 spiro atoms. The summed E-state index contributed by atoms with van der Waals surface area (Å²) in [5, 5.41) is 3.41. The topological polar surface area (TPSA) is 63.2 Å². The molecular weight excluding hydrogens is 318 g/mol. The van der Waals surface area contributed by atoms with E-state index in [0.717, 1.165) is 4.90 Å². The first-order valence-corrected chi connectivity index (χ1v) is 9.62. The summed E-state index contributed by atoms with van der Waals surface area (Å²) in [4.78, 5) is 12.6. The van der Waals surface area contributed by atoms with Gasteiger partial charge in [0.15, 0.2) is 0 Å². The van der Waals surface area contributed by atoms with Gasteiger partial charge in [0, 0.05) is 34.9 Å². The van der Waals surface area contributed by atoms with Gasteiger partial charge in [-0.2, -0.15) is 0 Å². The molecule has 0 aliphatic carbocycles. The summed E-state index contributed by atoms with van der Waals surface area (Å²) in [6, 6.07) is 7.46. The summed E-state index contributed by atoms with van der Waals surface area (Å²) >= 11 is 7.37. The highest BCUT2D eigenvalue weighted by molar-refractivity contribution is 7.99. The molecule has 112 valence electrons. The number of hydrogen-bond acceptors (Lipinski definition) is 4. The molecule has 1 N–H and O–H groups in total. The molecule has 20 heavy (non-hydrogen) atoms. The van der Waals surface area contributed by atoms with Crippen LogP contribution in [-0.2, 0) is 14.6 Å². The minimum Gasteiger partial charge on any atom is -0.356 e. The second kappa shape index (κ2) is 8.54. The zero-order valence-electron chi connectivity index (χ0n) is 11.3. The monoisotopic (exact) mass is 335 g/mol. The molecule has 0 saturated carbocycles. The van der Waals surface area contributed by atoms with Crippen molar-refractivity contribution in [2.75, 3.05) is 24.3 Å². The fourth-order valence-corrected chi connectivity index (χ4v) is 3.09. The number of nitrogens with one attached hydrogen (secondary N) is 1. The number of carbonyl (C=O) groups excluding carboxylic acids is 1. The minimum absolute atomic E-state index is 0.0556. The van der Waals surface area contributed by atoms with E-state index in [9.17, 15) is 13.2 Å². The Labute approximate surface area is 129 Å². The van der Waals surface area contributed by atoms with Crippen molar-refractivity contribution in [3.05, 3.63) is 29.3 Å². The maximum Gasteiger partial charge on any atom is 0.220 e. The van der Waals surface area contributed by atoms with Gasteiger partial charge in [-0.3, -0.25) is 4.79 Å². The van der Waals surface area contributed by atoms with Crippen LogP contribution in [0.25, 0.3) is 0 Å². The van der Waals surface area contributed by atoms with E-state index >= 15 is 0 Å². The van der Waals surface area contributed by atoms with Crippen LogP contribution in [0.3, 0.4) is 0 Å². The van der Waals surface area contributed by atoms with Crippen LogP contribution in [0, 0.1) is 0 Å². The van der Waals surface area contributed by atoms with Gasteiger partial charge < -0.3 is 5.32 Å². The maximum absolute atomic E-state index is 11.5. The lowest BCUT2D eigenvalue weighted by Gasteiger charge is -2.05. The molecule has 1 aromatic rings. The first-order valence-electron chi connectivity index (χ1n) is 6.19. The molecule has 1 aromatic carbocycles. The lowest BCUT2D eigenvalue weighted by Crippen LogP contribution is -2.26. The van der Waals surface area contributed by atoms with Crippen LogP contribution in [0.2, 0.25) is 5.02 Å². The van der Waals surface area contributed by atoms with Gasteiger partial charge in [0.05, 0.1) is 5.75 Å². The molecule has 0 bridgehead atoms. The van der Waals surface area contributed by atoms with Gasteiger partial charge in [0.1, 0.15) is 9.84 Å². The normalized spacial score (nSPS) is 11.3. The molecule has 1 amide bonds. The minimum atomic E-state index is -2.94. The highest BCUT2D eigenvalue weighted by atomic mass is 35.5. The van der Waals surface area contributed by atoms with E-state index < -0.39 is 9.84 Å². The number of sulfone groups is 1. The lowest BCUT2D eigenvalue weighted by atomic mass is 10.4. The quantitative estimate of drug-likeness (QED) is 0.585. The highest BCUT2D eigenvalue weighted by Crippen LogP contribution is 2.20. The molecule has 0 saturated heterocycles. The van der Waals surface area contributed by atoms with Crippen LogP contribution in [0.1, 0.15) is 12.8 Å². The summed E-state index contributed by atoms with van der Waals surface area (Å²) in [5.74, 6) is 0.728. The Balaban J connectivity index is 2.12. The van der Waals surface area contributed by atoms with E-state index in [2.05, 4.69) is 5.32 Å². The second-order valence-electron chi connectivity index (χ2n) is 4.39. The fraction of sp³-hybridized carbons (Fsp3) is 0.462. The third-order valence-electron chi connectivity index (χ3n) is 2.43. The van der Waals surface area contributed by atoms with Crippen LogP contribution < -0.4 is 5.32 Å². The first-order chi connectivity index (χ1) is 9.37. The van der Waals surface area contributed by atoms with Crippen molar-refractivity contribution in [1.29, 1.82) is 0 Å². The lowest BCUT2D eigenvalue weighted by molar-refractivity contribution is -0.120. The molecule has 0 unspecified atom stereocenters. The van der Waals surface area contributed by atoms with E-state index in [1.54, 1.807) is 11.8 Å². The Bertz CT molecular complexity index is 529. The Morgan fingerprint density at radius 3 is 2.55 bits per heavy atom. The van der Waals surface area contributed by atoms with Crippen LogP contribution in [0.5, 0.6) is 0 Å². The molecule has 0 radical (unpaired) electrons. The van der Waals surface area contributed by atoms with E-state index in [-0.39, 0.29) is 11.7 Å². The van der Waals surface area contributed by atoms with E-state index in [1.807, 2.05) is 24.3 Å². The van der Waals surface area contributed by atoms with E-state index in [0.29, 0.717) is 30.2 Å². The van der Waals surface area contributed by atoms with Crippen molar-refractivity contribution in [1.82, 2.24) is 5.32 Å². The maximum atomic E-state index is 11.5. The van der Waals surface area contributed by atoms with Gasteiger partial charge >= 0.3 is 0 Å². The molecular formula is C13H18ClNO3S2. The Morgan fingerprint density at radius 1 is 1.30 bits per heavy atom. The molecule has 0 aromatic heterocycles. The molecule has 0 heterocycles. The molecule has 0 atom stereocenters. The van der Waals surface area contributed by atoms with E-state index in [1.165, 1.54) is 6.26 Å². The van der Waals surface area contributed by atoms with Gasteiger partial charge in [-0.15, -0.1) is 11.8 Å². The Morgan fingerprint density at radius 2 is 1.95 bits per heavy atom. The standard InChI is InChI=1S/C13H18ClNO3S2/c1-20(17,18)10-2-8-15-13(16)7-9-19-12-5-3-11(14)4-6-12/h3-6H,2,7-10H2,1H3,(H,15,16). The van der Waals surface area contributed by atoms with Crippen molar-refractivity contribution >= 4 is 39.1 Å². The van der Waals surface area contributed by atoms with Gasteiger partial charge in [-0.05, 0) is 30.7 Å². The number of carbonyl (C=O) groups is 1. The Hall–Kier alpha value is -0.720. The van der Waals surface area contributed by atoms with Crippen molar-refractivity contribution in [3.63, 3.8) is 0 Å². The van der Waals surface area contributed by atoms with Gasteiger partial charge in [0.25, 0.3) is 0 Å². The molecule has 7 heteroatoms.